The van der Waals surface area contributed by atoms with E-state index in [0.717, 1.165) is 44.1 Å². The Morgan fingerprint density at radius 2 is 1.23 bits per heavy atom. The van der Waals surface area contributed by atoms with Crippen LogP contribution in [0, 0.1) is 6.92 Å². The summed E-state index contributed by atoms with van der Waals surface area (Å²) in [6.45, 7) is 13.3. The number of benzene rings is 1. The van der Waals surface area contributed by atoms with Crippen molar-refractivity contribution in [1.29, 1.82) is 0 Å². The molecule has 0 aromatic heterocycles. The molecule has 0 saturated carbocycles. The van der Waals surface area contributed by atoms with Gasteiger partial charge >= 0.3 is 5.97 Å². The van der Waals surface area contributed by atoms with Crippen LogP contribution in [0.4, 0.5) is 0 Å². The van der Waals surface area contributed by atoms with E-state index in [1.54, 1.807) is 0 Å². The molecule has 0 unspecified atom stereocenters. The molecular weight excluding hydrogens is 380 g/mol. The van der Waals surface area contributed by atoms with Gasteiger partial charge in [0, 0.05) is 0 Å². The maximum Gasteiger partial charge on any atom is 0.310 e. The highest BCUT2D eigenvalue weighted by Gasteiger charge is 2.03. The Hall–Kier alpha value is -2.35. The quantitative estimate of drug-likeness (QED) is 0.236. The summed E-state index contributed by atoms with van der Waals surface area (Å²) in [6.07, 6.45) is 16.0. The van der Waals surface area contributed by atoms with Gasteiger partial charge in [-0.25, -0.2) is 0 Å². The SMILES string of the molecule is CC(C)=CCC/C(C)=C/CC/C(C)=C/CC/C(C)=C/COC(=O)Cc1ccc(C)cc1. The van der Waals surface area contributed by atoms with Crippen molar-refractivity contribution in [3.63, 3.8) is 0 Å². The molecule has 31 heavy (non-hydrogen) atoms. The molecule has 0 aliphatic rings. The minimum Gasteiger partial charge on any atom is -0.461 e. The van der Waals surface area contributed by atoms with Crippen LogP contribution in [0.15, 0.2) is 70.9 Å². The molecule has 0 amide bonds. The van der Waals surface area contributed by atoms with Crippen molar-refractivity contribution in [2.45, 2.75) is 86.5 Å². The van der Waals surface area contributed by atoms with Crippen LogP contribution in [0.1, 0.15) is 84.3 Å². The first-order valence-corrected chi connectivity index (χ1v) is 11.6. The molecule has 1 aromatic carbocycles. The number of aryl methyl sites for hydroxylation is 1. The van der Waals surface area contributed by atoms with Gasteiger partial charge in [-0.1, -0.05) is 70.3 Å². The van der Waals surface area contributed by atoms with Gasteiger partial charge in [0.05, 0.1) is 6.42 Å². The van der Waals surface area contributed by atoms with Crippen LogP contribution in [-0.4, -0.2) is 12.6 Å². The molecule has 0 aliphatic carbocycles. The van der Waals surface area contributed by atoms with Crippen molar-refractivity contribution in [2.24, 2.45) is 0 Å². The maximum absolute atomic E-state index is 11.9. The average Bonchev–Trinajstić information content (AvgIpc) is 2.69. The van der Waals surface area contributed by atoms with Crippen molar-refractivity contribution in [2.75, 3.05) is 6.61 Å². The van der Waals surface area contributed by atoms with Gasteiger partial charge in [0.2, 0.25) is 0 Å². The summed E-state index contributed by atoms with van der Waals surface area (Å²) < 4.78 is 5.35. The van der Waals surface area contributed by atoms with Crippen molar-refractivity contribution in [3.05, 3.63) is 82.0 Å². The fourth-order valence-electron chi connectivity index (χ4n) is 3.19. The fraction of sp³-hybridized carbons (Fsp3) is 0.483. The molecule has 0 fully saturated rings. The van der Waals surface area contributed by atoms with Gasteiger partial charge in [0.1, 0.15) is 6.61 Å². The molecule has 0 saturated heterocycles. The Morgan fingerprint density at radius 1 is 0.742 bits per heavy atom. The van der Waals surface area contributed by atoms with Gasteiger partial charge in [0.25, 0.3) is 0 Å². The first-order chi connectivity index (χ1) is 14.8. The predicted molar refractivity (Wildman–Crippen MR) is 134 cm³/mol. The minimum absolute atomic E-state index is 0.173. The summed E-state index contributed by atoms with van der Waals surface area (Å²) in [4.78, 5) is 11.9. The molecule has 1 rings (SSSR count). The Balaban J connectivity index is 2.23. The molecule has 2 nitrogen and oxygen atoms in total. The Morgan fingerprint density at radius 3 is 1.74 bits per heavy atom. The average molecular weight is 423 g/mol. The lowest BCUT2D eigenvalue weighted by Crippen LogP contribution is -2.08. The Labute approximate surface area is 190 Å². The molecule has 0 spiro atoms. The zero-order chi connectivity index (χ0) is 23.1. The van der Waals surface area contributed by atoms with E-state index in [9.17, 15) is 4.79 Å². The number of hydrogen-bond acceptors (Lipinski definition) is 2. The smallest absolute Gasteiger partial charge is 0.310 e. The van der Waals surface area contributed by atoms with Crippen LogP contribution in [-0.2, 0) is 16.0 Å². The third kappa shape index (κ3) is 14.3. The summed E-state index contributed by atoms with van der Waals surface area (Å²) in [7, 11) is 0. The van der Waals surface area contributed by atoms with E-state index < -0.39 is 0 Å². The Bertz CT molecular complexity index is 785. The molecule has 0 atom stereocenters. The number of carbonyl (C=O) groups is 1. The molecule has 170 valence electrons. The van der Waals surface area contributed by atoms with E-state index in [1.165, 1.54) is 27.9 Å². The normalized spacial score (nSPS) is 12.6. The lowest BCUT2D eigenvalue weighted by molar-refractivity contribution is -0.141. The van der Waals surface area contributed by atoms with E-state index in [0.29, 0.717) is 13.0 Å². The molecule has 0 N–H and O–H groups in total. The van der Waals surface area contributed by atoms with Crippen LogP contribution in [0.25, 0.3) is 0 Å². The van der Waals surface area contributed by atoms with E-state index in [1.807, 2.05) is 37.3 Å². The maximum atomic E-state index is 11.9. The number of esters is 1. The lowest BCUT2D eigenvalue weighted by Gasteiger charge is -2.05. The monoisotopic (exact) mass is 422 g/mol. The minimum atomic E-state index is -0.173. The number of carbonyl (C=O) groups excluding carboxylic acids is 1. The number of ether oxygens (including phenoxy) is 1. The zero-order valence-electron chi connectivity index (χ0n) is 20.6. The Kier molecular flexibility index (Phi) is 13.3. The second-order valence-electron chi connectivity index (χ2n) is 8.89. The zero-order valence-corrected chi connectivity index (χ0v) is 20.6. The number of allylic oxidation sites excluding steroid dienone is 7. The van der Waals surface area contributed by atoms with Crippen molar-refractivity contribution < 1.29 is 9.53 Å². The third-order valence-electron chi connectivity index (χ3n) is 5.30. The van der Waals surface area contributed by atoms with Crippen molar-refractivity contribution >= 4 is 5.97 Å². The standard InChI is InChI=1S/C29H42O2/c1-23(2)10-7-11-24(3)12-8-13-25(4)14-9-15-26(5)20-21-31-29(30)22-28-18-16-27(6)17-19-28/h10,12,14,16-20H,7-9,11,13,15,21-22H2,1-6H3/b24-12+,25-14+,26-20+. The third-order valence-corrected chi connectivity index (χ3v) is 5.30. The molecule has 0 bridgehead atoms. The summed E-state index contributed by atoms with van der Waals surface area (Å²) >= 11 is 0. The van der Waals surface area contributed by atoms with Crippen molar-refractivity contribution in [3.8, 4) is 0 Å². The highest BCUT2D eigenvalue weighted by atomic mass is 16.5. The molecule has 0 radical (unpaired) electrons. The van der Waals surface area contributed by atoms with Gasteiger partial charge in [-0.2, -0.15) is 0 Å². The van der Waals surface area contributed by atoms with Gasteiger partial charge < -0.3 is 4.74 Å². The summed E-state index contributed by atoms with van der Waals surface area (Å²) in [5, 5.41) is 0. The van der Waals surface area contributed by atoms with Gasteiger partial charge in [0.15, 0.2) is 0 Å². The second-order valence-corrected chi connectivity index (χ2v) is 8.89. The van der Waals surface area contributed by atoms with Crippen LogP contribution in [0.5, 0.6) is 0 Å². The molecular formula is C29H42O2. The van der Waals surface area contributed by atoms with E-state index in [2.05, 4.69) is 52.8 Å². The first kappa shape index (κ1) is 26.7. The van der Waals surface area contributed by atoms with Crippen LogP contribution >= 0.6 is 0 Å². The molecule has 1 aromatic rings. The number of hydrogen-bond donors (Lipinski definition) is 0. The fourth-order valence-corrected chi connectivity index (χ4v) is 3.19. The lowest BCUT2D eigenvalue weighted by atomic mass is 10.0. The number of rotatable bonds is 13. The van der Waals surface area contributed by atoms with Gasteiger partial charge in [-0.3, -0.25) is 4.79 Å². The summed E-state index contributed by atoms with van der Waals surface area (Å²) in [6, 6.07) is 8.00. The molecule has 0 heterocycles. The van der Waals surface area contributed by atoms with Crippen molar-refractivity contribution in [1.82, 2.24) is 0 Å². The second kappa shape index (κ2) is 15.5. The first-order valence-electron chi connectivity index (χ1n) is 11.6. The van der Waals surface area contributed by atoms with Crippen LogP contribution in [0.3, 0.4) is 0 Å². The highest BCUT2D eigenvalue weighted by Crippen LogP contribution is 2.13. The van der Waals surface area contributed by atoms with Gasteiger partial charge in [-0.05, 0) is 91.7 Å². The van der Waals surface area contributed by atoms with E-state index >= 15 is 0 Å². The predicted octanol–water partition coefficient (Wildman–Crippen LogP) is 8.23. The molecule has 2 heteroatoms. The van der Waals surface area contributed by atoms with Crippen LogP contribution in [0.2, 0.25) is 0 Å². The van der Waals surface area contributed by atoms with E-state index in [4.69, 9.17) is 4.74 Å². The van der Waals surface area contributed by atoms with E-state index in [-0.39, 0.29) is 5.97 Å². The largest absolute Gasteiger partial charge is 0.461 e. The summed E-state index contributed by atoms with van der Waals surface area (Å²) in [5.74, 6) is -0.173. The summed E-state index contributed by atoms with van der Waals surface area (Å²) in [5.41, 5.74) is 7.79. The molecule has 0 aliphatic heterocycles. The highest BCUT2D eigenvalue weighted by molar-refractivity contribution is 5.72. The topological polar surface area (TPSA) is 26.3 Å². The van der Waals surface area contributed by atoms with Crippen LogP contribution < -0.4 is 0 Å². The van der Waals surface area contributed by atoms with Gasteiger partial charge in [-0.15, -0.1) is 0 Å².